The lowest BCUT2D eigenvalue weighted by Gasteiger charge is -2.08. The van der Waals surface area contributed by atoms with Gasteiger partial charge in [-0.2, -0.15) is 0 Å². The van der Waals surface area contributed by atoms with Crippen LogP contribution in [0.25, 0.3) is 0 Å². The van der Waals surface area contributed by atoms with Gasteiger partial charge in [0, 0.05) is 6.07 Å². The van der Waals surface area contributed by atoms with Crippen molar-refractivity contribution in [2.45, 2.75) is 20.3 Å². The first kappa shape index (κ1) is 13.6. The number of hydrogen-bond donors (Lipinski definition) is 1. The molecule has 0 spiro atoms. The van der Waals surface area contributed by atoms with E-state index in [1.165, 1.54) is 0 Å². The van der Waals surface area contributed by atoms with E-state index in [-0.39, 0.29) is 0 Å². The predicted molar refractivity (Wildman–Crippen MR) is 81.7 cm³/mol. The highest BCUT2D eigenvalue weighted by atomic mass is 32.1. The van der Waals surface area contributed by atoms with Crippen LogP contribution in [0, 0.1) is 6.92 Å². The predicted octanol–water partition coefficient (Wildman–Crippen LogP) is 3.88. The molecule has 0 aliphatic heterocycles. The molecule has 100 valence electrons. The number of thiophene rings is 1. The summed E-state index contributed by atoms with van der Waals surface area (Å²) in [5.74, 6) is 1.42. The Hall–Kier alpha value is -1.81. The van der Waals surface area contributed by atoms with E-state index in [4.69, 9.17) is 10.5 Å². The summed E-state index contributed by atoms with van der Waals surface area (Å²) >= 11 is 1.58. The van der Waals surface area contributed by atoms with Gasteiger partial charge in [-0.25, -0.2) is 4.99 Å². The Morgan fingerprint density at radius 1 is 1.37 bits per heavy atom. The summed E-state index contributed by atoms with van der Waals surface area (Å²) in [7, 11) is 0. The van der Waals surface area contributed by atoms with Crippen LogP contribution in [0.2, 0.25) is 0 Å². The van der Waals surface area contributed by atoms with Crippen LogP contribution in [0.3, 0.4) is 0 Å². The molecule has 2 N–H and O–H groups in total. The largest absolute Gasteiger partial charge is 0.493 e. The SMILES string of the molecule is CCCOc1cc(N=C(N)c2cccs2)ccc1C. The van der Waals surface area contributed by atoms with E-state index in [0.717, 1.165) is 28.3 Å². The molecule has 0 aliphatic rings. The fourth-order valence-electron chi connectivity index (χ4n) is 1.64. The van der Waals surface area contributed by atoms with E-state index < -0.39 is 0 Å². The molecule has 3 nitrogen and oxygen atoms in total. The van der Waals surface area contributed by atoms with Crippen LogP contribution in [0.15, 0.2) is 40.7 Å². The number of nitrogens with zero attached hydrogens (tertiary/aromatic N) is 1. The lowest BCUT2D eigenvalue weighted by molar-refractivity contribution is 0.315. The zero-order valence-corrected chi connectivity index (χ0v) is 12.0. The highest BCUT2D eigenvalue weighted by Crippen LogP contribution is 2.25. The molecule has 0 aliphatic carbocycles. The highest BCUT2D eigenvalue weighted by Gasteiger charge is 2.03. The Labute approximate surface area is 117 Å². The van der Waals surface area contributed by atoms with Crippen molar-refractivity contribution in [3.8, 4) is 5.75 Å². The number of benzene rings is 1. The molecule has 1 aromatic carbocycles. The molecule has 2 aromatic rings. The van der Waals surface area contributed by atoms with Gasteiger partial charge in [0.1, 0.15) is 11.6 Å². The summed E-state index contributed by atoms with van der Waals surface area (Å²) in [5, 5.41) is 1.99. The molecule has 0 fully saturated rings. The van der Waals surface area contributed by atoms with E-state index in [9.17, 15) is 0 Å². The Bertz CT molecular complexity index is 562. The first-order valence-corrected chi connectivity index (χ1v) is 7.20. The van der Waals surface area contributed by atoms with Crippen molar-refractivity contribution < 1.29 is 4.74 Å². The molecule has 0 atom stereocenters. The van der Waals surface area contributed by atoms with Gasteiger partial charge >= 0.3 is 0 Å². The topological polar surface area (TPSA) is 47.6 Å². The number of aryl methyl sites for hydroxylation is 1. The Morgan fingerprint density at radius 2 is 2.21 bits per heavy atom. The number of hydrogen-bond acceptors (Lipinski definition) is 3. The Morgan fingerprint density at radius 3 is 2.89 bits per heavy atom. The molecular formula is C15H18N2OS. The normalized spacial score (nSPS) is 11.6. The fraction of sp³-hybridized carbons (Fsp3) is 0.267. The second-order valence-electron chi connectivity index (χ2n) is 4.27. The number of aliphatic imine (C=N–C) groups is 1. The quantitative estimate of drug-likeness (QED) is 0.664. The molecule has 0 amide bonds. The molecule has 0 bridgehead atoms. The van der Waals surface area contributed by atoms with Gasteiger partial charge in [-0.15, -0.1) is 11.3 Å². The van der Waals surface area contributed by atoms with Crippen molar-refractivity contribution in [2.24, 2.45) is 10.7 Å². The van der Waals surface area contributed by atoms with Gasteiger partial charge in [0.05, 0.1) is 17.2 Å². The molecule has 0 radical (unpaired) electrons. The molecule has 2 rings (SSSR count). The third-order valence-electron chi connectivity index (χ3n) is 2.66. The highest BCUT2D eigenvalue weighted by molar-refractivity contribution is 7.12. The minimum atomic E-state index is 0.542. The van der Waals surface area contributed by atoms with Crippen LogP contribution in [-0.4, -0.2) is 12.4 Å². The number of nitrogens with two attached hydrogens (primary N) is 1. The second-order valence-corrected chi connectivity index (χ2v) is 5.22. The van der Waals surface area contributed by atoms with E-state index in [2.05, 4.69) is 11.9 Å². The average molecular weight is 274 g/mol. The lowest BCUT2D eigenvalue weighted by Crippen LogP contribution is -2.10. The van der Waals surface area contributed by atoms with Gasteiger partial charge in [0.25, 0.3) is 0 Å². The Kier molecular flexibility index (Phi) is 4.58. The smallest absolute Gasteiger partial charge is 0.141 e. The van der Waals surface area contributed by atoms with E-state index in [1.807, 2.05) is 42.6 Å². The van der Waals surface area contributed by atoms with Crippen molar-refractivity contribution >= 4 is 22.9 Å². The van der Waals surface area contributed by atoms with Crippen molar-refractivity contribution in [1.29, 1.82) is 0 Å². The van der Waals surface area contributed by atoms with Crippen LogP contribution >= 0.6 is 11.3 Å². The molecule has 1 heterocycles. The third kappa shape index (κ3) is 3.58. The first-order chi connectivity index (χ1) is 9.20. The van der Waals surface area contributed by atoms with Gasteiger partial charge in [0.2, 0.25) is 0 Å². The summed E-state index contributed by atoms with van der Waals surface area (Å²) in [4.78, 5) is 5.42. The van der Waals surface area contributed by atoms with Crippen LogP contribution in [0.4, 0.5) is 5.69 Å². The zero-order valence-electron chi connectivity index (χ0n) is 11.2. The van der Waals surface area contributed by atoms with Gasteiger partial charge < -0.3 is 10.5 Å². The van der Waals surface area contributed by atoms with Crippen LogP contribution in [0.1, 0.15) is 23.8 Å². The Balaban J connectivity index is 2.23. The summed E-state index contributed by atoms with van der Waals surface area (Å²) in [6, 6.07) is 9.82. The molecule has 19 heavy (non-hydrogen) atoms. The summed E-state index contributed by atoms with van der Waals surface area (Å²) in [6.45, 7) is 4.83. The second kappa shape index (κ2) is 6.38. The zero-order chi connectivity index (χ0) is 13.7. The van der Waals surface area contributed by atoms with Gasteiger partial charge in [-0.05, 0) is 36.4 Å². The molecular weight excluding hydrogens is 256 g/mol. The first-order valence-electron chi connectivity index (χ1n) is 6.32. The fourth-order valence-corrected chi connectivity index (χ4v) is 2.27. The molecule has 4 heteroatoms. The number of rotatable bonds is 5. The van der Waals surface area contributed by atoms with E-state index in [1.54, 1.807) is 11.3 Å². The maximum Gasteiger partial charge on any atom is 0.141 e. The third-order valence-corrected chi connectivity index (χ3v) is 3.55. The monoisotopic (exact) mass is 274 g/mol. The molecule has 1 aromatic heterocycles. The maximum atomic E-state index is 5.98. The van der Waals surface area contributed by atoms with E-state index >= 15 is 0 Å². The van der Waals surface area contributed by atoms with Crippen molar-refractivity contribution in [1.82, 2.24) is 0 Å². The molecule has 0 unspecified atom stereocenters. The van der Waals surface area contributed by atoms with Gasteiger partial charge in [-0.3, -0.25) is 0 Å². The summed E-state index contributed by atoms with van der Waals surface area (Å²) in [6.07, 6.45) is 0.990. The van der Waals surface area contributed by atoms with E-state index in [0.29, 0.717) is 12.4 Å². The minimum absolute atomic E-state index is 0.542. The van der Waals surface area contributed by atoms with Crippen molar-refractivity contribution in [2.75, 3.05) is 6.61 Å². The van der Waals surface area contributed by atoms with Crippen molar-refractivity contribution in [3.63, 3.8) is 0 Å². The average Bonchev–Trinajstić information content (AvgIpc) is 2.93. The van der Waals surface area contributed by atoms with Crippen LogP contribution in [0.5, 0.6) is 5.75 Å². The molecule has 0 saturated heterocycles. The van der Waals surface area contributed by atoms with Crippen molar-refractivity contribution in [3.05, 3.63) is 46.2 Å². The molecule has 0 saturated carbocycles. The maximum absolute atomic E-state index is 5.98. The summed E-state index contributed by atoms with van der Waals surface area (Å²) in [5.41, 5.74) is 7.91. The summed E-state index contributed by atoms with van der Waals surface area (Å²) < 4.78 is 5.69. The van der Waals surface area contributed by atoms with Gasteiger partial charge in [0.15, 0.2) is 0 Å². The number of amidine groups is 1. The number of ether oxygens (including phenoxy) is 1. The minimum Gasteiger partial charge on any atom is -0.493 e. The van der Waals surface area contributed by atoms with Crippen LogP contribution in [-0.2, 0) is 0 Å². The lowest BCUT2D eigenvalue weighted by atomic mass is 10.2. The van der Waals surface area contributed by atoms with Crippen LogP contribution < -0.4 is 10.5 Å². The van der Waals surface area contributed by atoms with Gasteiger partial charge in [-0.1, -0.05) is 19.1 Å². The standard InChI is InChI=1S/C15H18N2OS/c1-3-8-18-13-10-12(7-6-11(13)2)17-15(16)14-5-4-9-19-14/h4-7,9-10H,3,8H2,1-2H3,(H2,16,17).